The molecule has 0 heterocycles. The van der Waals surface area contributed by atoms with Gasteiger partial charge in [-0.1, -0.05) is 0 Å². The van der Waals surface area contributed by atoms with E-state index in [2.05, 4.69) is 0 Å². The summed E-state index contributed by atoms with van der Waals surface area (Å²) in [7, 11) is -10.8. The predicted molar refractivity (Wildman–Crippen MR) is 15.9 cm³/mol. The monoisotopic (exact) mass is 368 g/mol. The van der Waals surface area contributed by atoms with Crippen LogP contribution < -0.4 is 29.4 Å². The minimum atomic E-state index is -5.39. The second-order valence-corrected chi connectivity index (χ2v) is 2.68. The fraction of sp³-hybridized carbons (Fsp3) is 0. The Morgan fingerprint density at radius 3 is 0.692 bits per heavy atom. The largest absolute Gasteiger partial charge is 6.00 e. The molecule has 0 bridgehead atoms. The van der Waals surface area contributed by atoms with Crippen molar-refractivity contribution in [2.75, 3.05) is 0 Å². The minimum absolute atomic E-state index is 0. The van der Waals surface area contributed by atoms with E-state index in [0.717, 1.165) is 0 Å². The van der Waals surface area contributed by atoms with Gasteiger partial charge in [-0.2, -0.15) is 15.6 Å². The van der Waals surface area contributed by atoms with Crippen molar-refractivity contribution in [2.24, 2.45) is 0 Å². The molecule has 0 aliphatic carbocycles. The molecule has 0 unspecified atom stereocenters. The fourth-order valence-electron chi connectivity index (χ4n) is 0. The molecule has 0 amide bonds. The first-order valence-electron chi connectivity index (χ1n) is 1.46. The van der Waals surface area contributed by atoms with Gasteiger partial charge in [0.15, 0.2) is 0 Å². The van der Waals surface area contributed by atoms with Crippen LogP contribution in [0.2, 0.25) is 0 Å². The van der Waals surface area contributed by atoms with Crippen molar-refractivity contribution in [3.05, 3.63) is 0 Å². The van der Waals surface area contributed by atoms with Gasteiger partial charge in [0.2, 0.25) is 0 Å². The first-order valence-corrected chi connectivity index (χ1v) is 4.38. The van der Waals surface area contributed by atoms with E-state index in [0.29, 0.717) is 0 Å². The summed E-state index contributed by atoms with van der Waals surface area (Å²) in [5.74, 6) is 0. The maximum atomic E-state index is 8.55. The molecule has 9 nitrogen and oxygen atoms in total. The van der Waals surface area contributed by atoms with Gasteiger partial charge in [-0.25, -0.2) is 0 Å². The van der Waals surface area contributed by atoms with Crippen molar-refractivity contribution in [3.63, 3.8) is 0 Å². The summed E-state index contributed by atoms with van der Waals surface area (Å²) in [5, 5.41) is 0. The normalized spacial score (nSPS) is 9.08. The van der Waals surface area contributed by atoms with Crippen molar-refractivity contribution in [1.82, 2.24) is 0 Å². The van der Waals surface area contributed by atoms with Crippen LogP contribution in [0.1, 0.15) is 0 Å². The minimum Gasteiger partial charge on any atom is -2.00 e. The second kappa shape index (κ2) is 11.6. The van der Waals surface area contributed by atoms with Crippen LogP contribution in [-0.2, 0) is 55.1 Å². The van der Waals surface area contributed by atoms with Crippen molar-refractivity contribution < 1.29 is 84.5 Å². The molecule has 0 saturated carbocycles. The third-order valence-corrected chi connectivity index (χ3v) is 0. The zero-order valence-corrected chi connectivity index (χ0v) is 12.4. The third kappa shape index (κ3) is 801. The van der Waals surface area contributed by atoms with Crippen molar-refractivity contribution >= 4 is 15.6 Å². The Morgan fingerprint density at radius 2 is 0.692 bits per heavy atom. The molecule has 0 aliphatic rings. The maximum Gasteiger partial charge on any atom is 6.00 e. The van der Waals surface area contributed by atoms with Gasteiger partial charge in [0, 0.05) is 0 Å². The number of rotatable bonds is 0. The smallest absolute Gasteiger partial charge is 2.00 e. The van der Waals surface area contributed by atoms with Crippen LogP contribution in [0.5, 0.6) is 0 Å². The Labute approximate surface area is 100.0 Å². The third-order valence-electron chi connectivity index (χ3n) is 0. The van der Waals surface area contributed by atoms with E-state index in [4.69, 9.17) is 38.5 Å². The molecule has 0 aromatic heterocycles. The number of hydrogen-bond donors (Lipinski definition) is 0. The van der Waals surface area contributed by atoms with Crippen LogP contribution in [0.25, 0.3) is 0 Å². The Hall–Kier alpha value is 1.49. The molecule has 0 spiro atoms. The van der Waals surface area contributed by atoms with Crippen molar-refractivity contribution in [1.29, 1.82) is 0 Å². The summed E-state index contributed by atoms with van der Waals surface area (Å²) in [6, 6.07) is 0. The molecule has 0 radical (unpaired) electrons. The fourth-order valence-corrected chi connectivity index (χ4v) is 0. The summed E-state index contributed by atoms with van der Waals surface area (Å²) < 4.78 is 17.1. The first-order chi connectivity index (χ1) is 4.00. The van der Waals surface area contributed by atoms with Crippen molar-refractivity contribution in [2.45, 2.75) is 0 Å². The van der Waals surface area contributed by atoms with Gasteiger partial charge in [0.05, 0.1) is 0 Å². The maximum absolute atomic E-state index is 8.55. The molecule has 0 rings (SSSR count). The van der Waals surface area contributed by atoms with Gasteiger partial charge in [0.1, 0.15) is 0 Å². The van der Waals surface area contributed by atoms with Crippen LogP contribution >= 0.6 is 15.6 Å². The van der Waals surface area contributed by atoms with E-state index in [1.807, 2.05) is 0 Å². The quantitative estimate of drug-likeness (QED) is 0.297. The van der Waals surface area contributed by atoms with Gasteiger partial charge in [-0.3, -0.25) is 0 Å². The Morgan fingerprint density at radius 1 is 0.692 bits per heavy atom. The zero-order valence-electron chi connectivity index (χ0n) is 5.68. The summed E-state index contributed by atoms with van der Waals surface area (Å²) in [6.07, 6.45) is 0. The Balaban J connectivity index is -0.0000000267. The molecular weight excluding hydrogens is 367 g/mol. The topological polar surface area (TPSA) is 201 Å². The molecular formula is MoO9P2Zn. The average molecular weight is 367 g/mol. The van der Waals surface area contributed by atoms with Gasteiger partial charge < -0.3 is 44.0 Å². The van der Waals surface area contributed by atoms with E-state index in [9.17, 15) is 0 Å². The summed E-state index contributed by atoms with van der Waals surface area (Å²) in [5.41, 5.74) is 0. The van der Waals surface area contributed by atoms with Gasteiger partial charge in [0.25, 0.3) is 0 Å². The van der Waals surface area contributed by atoms with E-state index < -0.39 is 15.6 Å². The molecule has 0 fully saturated rings. The van der Waals surface area contributed by atoms with Crippen LogP contribution in [0.3, 0.4) is 0 Å². The SMILES string of the molecule is O=P([O-])([O-])[O-].O=P([O-])([O-])[O-].[Mo+6].[O-2].[Zn+2]. The van der Waals surface area contributed by atoms with Crippen LogP contribution in [0, 0.1) is 0 Å². The molecule has 13 heteroatoms. The van der Waals surface area contributed by atoms with Gasteiger partial charge in [-0.15, -0.1) is 0 Å². The summed E-state index contributed by atoms with van der Waals surface area (Å²) in [6.45, 7) is 0. The summed E-state index contributed by atoms with van der Waals surface area (Å²) in [4.78, 5) is 51.3. The van der Waals surface area contributed by atoms with Crippen LogP contribution in [-0.4, -0.2) is 0 Å². The predicted octanol–water partition coefficient (Wildman–Crippen LogP) is -5.77. The summed E-state index contributed by atoms with van der Waals surface area (Å²) >= 11 is 0. The van der Waals surface area contributed by atoms with E-state index in [1.165, 1.54) is 0 Å². The molecule has 0 aliphatic heterocycles. The van der Waals surface area contributed by atoms with Gasteiger partial charge >= 0.3 is 40.5 Å². The molecule has 0 N–H and O–H groups in total. The molecule has 0 atom stereocenters. The number of phosphoric acid groups is 2. The first kappa shape index (κ1) is 29.3. The molecule has 72 valence electrons. The zero-order chi connectivity index (χ0) is 9.00. The van der Waals surface area contributed by atoms with E-state index in [1.54, 1.807) is 0 Å². The van der Waals surface area contributed by atoms with E-state index >= 15 is 0 Å². The van der Waals surface area contributed by atoms with E-state index in [-0.39, 0.29) is 46.0 Å². The molecule has 0 aromatic rings. The van der Waals surface area contributed by atoms with Crippen LogP contribution in [0.4, 0.5) is 0 Å². The standard InChI is InChI=1S/Mo.2H3O4P.O.Zn/c;2*1-5(2,3)4;;/h;2*(H3,1,2,3,4);;/q+6;;;-2;+2/p-6. The number of hydrogen-bond acceptors (Lipinski definition) is 8. The van der Waals surface area contributed by atoms with Gasteiger partial charge in [-0.05, 0) is 0 Å². The molecule has 13 heavy (non-hydrogen) atoms. The van der Waals surface area contributed by atoms with Crippen molar-refractivity contribution in [3.8, 4) is 0 Å². The molecule has 0 aromatic carbocycles. The Kier molecular flexibility index (Phi) is 26.0. The van der Waals surface area contributed by atoms with Crippen LogP contribution in [0.15, 0.2) is 0 Å². The second-order valence-electron chi connectivity index (χ2n) is 0.894. The Bertz CT molecular complexity index is 130. The molecule has 0 saturated heterocycles. The average Bonchev–Trinajstić information content (AvgIpc) is 1.12.